The molecule has 0 aliphatic carbocycles. The molecule has 128 valence electrons. The zero-order valence-corrected chi connectivity index (χ0v) is 14.1. The van der Waals surface area contributed by atoms with Crippen LogP contribution in [0.5, 0.6) is 5.75 Å². The van der Waals surface area contributed by atoms with Crippen molar-refractivity contribution in [3.8, 4) is 5.75 Å². The Balaban J connectivity index is 0.00000264. The van der Waals surface area contributed by atoms with E-state index in [9.17, 15) is 14.9 Å². The van der Waals surface area contributed by atoms with Gasteiger partial charge in [0.05, 0.1) is 12.0 Å². The molecule has 23 heavy (non-hydrogen) atoms. The third kappa shape index (κ3) is 4.33. The number of ether oxygens (including phenoxy) is 1. The van der Waals surface area contributed by atoms with Crippen molar-refractivity contribution >= 4 is 24.0 Å². The zero-order chi connectivity index (χ0) is 16.1. The molecule has 8 heteroatoms. The van der Waals surface area contributed by atoms with Gasteiger partial charge in [-0.2, -0.15) is 0 Å². The number of rotatable bonds is 6. The van der Waals surface area contributed by atoms with Crippen molar-refractivity contribution in [3.63, 3.8) is 0 Å². The van der Waals surface area contributed by atoms with Gasteiger partial charge in [-0.15, -0.1) is 12.4 Å². The van der Waals surface area contributed by atoms with E-state index in [1.807, 2.05) is 11.8 Å². The van der Waals surface area contributed by atoms with Crippen LogP contribution >= 0.6 is 12.4 Å². The van der Waals surface area contributed by atoms with Gasteiger partial charge in [0.1, 0.15) is 0 Å². The molecule has 0 bridgehead atoms. The van der Waals surface area contributed by atoms with Crippen molar-refractivity contribution < 1.29 is 14.5 Å². The van der Waals surface area contributed by atoms with E-state index < -0.39 is 4.92 Å². The monoisotopic (exact) mass is 343 g/mol. The summed E-state index contributed by atoms with van der Waals surface area (Å²) < 4.78 is 4.97. The number of amides is 1. The number of hydrogen-bond acceptors (Lipinski definition) is 5. The first-order valence-corrected chi connectivity index (χ1v) is 7.42. The topological polar surface area (TPSA) is 84.7 Å². The average Bonchev–Trinajstić information content (AvgIpc) is 3.05. The molecule has 1 N–H and O–H groups in total. The average molecular weight is 344 g/mol. The van der Waals surface area contributed by atoms with Crippen LogP contribution in [0.25, 0.3) is 0 Å². The Bertz CT molecular complexity index is 562. The standard InChI is InChI=1S/C15H21N3O4.ClH/c1-3-8-17(12-6-7-16-10-12)15(19)11-4-5-14(22-2)13(9-11)18(20)21;/h4-5,9,12,16H,3,6-8,10H2,1-2H3;1H. The first-order valence-electron chi connectivity index (χ1n) is 7.42. The minimum Gasteiger partial charge on any atom is -0.490 e. The fourth-order valence-corrected chi connectivity index (χ4v) is 2.73. The molecule has 0 aromatic heterocycles. The molecule has 1 aromatic carbocycles. The van der Waals surface area contributed by atoms with Gasteiger partial charge in [-0.1, -0.05) is 6.92 Å². The second-order valence-corrected chi connectivity index (χ2v) is 5.29. The van der Waals surface area contributed by atoms with Gasteiger partial charge in [-0.3, -0.25) is 14.9 Å². The molecule has 1 aromatic rings. The van der Waals surface area contributed by atoms with Crippen LogP contribution in [0.1, 0.15) is 30.1 Å². The number of methoxy groups -OCH3 is 1. The molecule has 0 saturated carbocycles. The molecule has 1 fully saturated rings. The highest BCUT2D eigenvalue weighted by molar-refractivity contribution is 5.95. The molecule has 1 aliphatic heterocycles. The number of nitro benzene ring substituents is 1. The summed E-state index contributed by atoms with van der Waals surface area (Å²) in [6.07, 6.45) is 1.75. The van der Waals surface area contributed by atoms with E-state index in [-0.39, 0.29) is 35.8 Å². The van der Waals surface area contributed by atoms with E-state index in [1.54, 1.807) is 6.07 Å². The number of halogens is 1. The van der Waals surface area contributed by atoms with Crippen LogP contribution in [0.2, 0.25) is 0 Å². The first-order chi connectivity index (χ1) is 10.6. The molecule has 0 spiro atoms. The van der Waals surface area contributed by atoms with E-state index in [0.29, 0.717) is 12.1 Å². The van der Waals surface area contributed by atoms with E-state index in [2.05, 4.69) is 5.32 Å². The van der Waals surface area contributed by atoms with Gasteiger partial charge in [-0.05, 0) is 31.5 Å². The quantitative estimate of drug-likeness (QED) is 0.632. The van der Waals surface area contributed by atoms with Crippen LogP contribution in [-0.4, -0.2) is 48.5 Å². The van der Waals surface area contributed by atoms with Gasteiger partial charge in [0.25, 0.3) is 5.91 Å². The highest BCUT2D eigenvalue weighted by atomic mass is 35.5. The lowest BCUT2D eigenvalue weighted by atomic mass is 10.1. The minimum absolute atomic E-state index is 0. The van der Waals surface area contributed by atoms with Gasteiger partial charge in [0.2, 0.25) is 0 Å². The second-order valence-electron chi connectivity index (χ2n) is 5.29. The largest absolute Gasteiger partial charge is 0.490 e. The van der Waals surface area contributed by atoms with Crippen LogP contribution in [0.3, 0.4) is 0 Å². The lowest BCUT2D eigenvalue weighted by Gasteiger charge is -2.28. The Morgan fingerprint density at radius 2 is 2.26 bits per heavy atom. The van der Waals surface area contributed by atoms with Gasteiger partial charge in [0.15, 0.2) is 5.75 Å². The molecule has 0 radical (unpaired) electrons. The van der Waals surface area contributed by atoms with Gasteiger partial charge in [-0.25, -0.2) is 0 Å². The Morgan fingerprint density at radius 3 is 2.78 bits per heavy atom. The van der Waals surface area contributed by atoms with Gasteiger partial charge >= 0.3 is 5.69 Å². The van der Waals surface area contributed by atoms with Crippen LogP contribution in [0, 0.1) is 10.1 Å². The summed E-state index contributed by atoms with van der Waals surface area (Å²) in [7, 11) is 1.37. The highest BCUT2D eigenvalue weighted by Gasteiger charge is 2.28. The lowest BCUT2D eigenvalue weighted by molar-refractivity contribution is -0.385. The van der Waals surface area contributed by atoms with Crippen molar-refractivity contribution in [3.05, 3.63) is 33.9 Å². The van der Waals surface area contributed by atoms with E-state index >= 15 is 0 Å². The van der Waals surface area contributed by atoms with E-state index in [4.69, 9.17) is 4.74 Å². The van der Waals surface area contributed by atoms with Crippen molar-refractivity contribution in [1.29, 1.82) is 0 Å². The van der Waals surface area contributed by atoms with Crippen molar-refractivity contribution in [2.24, 2.45) is 0 Å². The predicted molar refractivity (Wildman–Crippen MR) is 89.5 cm³/mol. The molecule has 1 unspecified atom stereocenters. The highest BCUT2D eigenvalue weighted by Crippen LogP contribution is 2.28. The van der Waals surface area contributed by atoms with E-state index in [1.165, 1.54) is 19.2 Å². The van der Waals surface area contributed by atoms with Crippen molar-refractivity contribution in [2.45, 2.75) is 25.8 Å². The smallest absolute Gasteiger partial charge is 0.311 e. The number of hydrogen-bond donors (Lipinski definition) is 1. The normalized spacial score (nSPS) is 16.5. The number of benzene rings is 1. The second kappa shape index (κ2) is 8.69. The molecular formula is C15H22ClN3O4. The minimum atomic E-state index is -0.531. The molecular weight excluding hydrogens is 322 g/mol. The van der Waals surface area contributed by atoms with Crippen LogP contribution < -0.4 is 10.1 Å². The number of nitro groups is 1. The van der Waals surface area contributed by atoms with Crippen molar-refractivity contribution in [1.82, 2.24) is 10.2 Å². The predicted octanol–water partition coefficient (Wildman–Crippen LogP) is 2.24. The maximum atomic E-state index is 12.7. The summed E-state index contributed by atoms with van der Waals surface area (Å²) >= 11 is 0. The number of nitrogens with one attached hydrogen (secondary N) is 1. The Labute approximate surface area is 141 Å². The Hall–Kier alpha value is -1.86. The number of nitrogens with zero attached hydrogens (tertiary/aromatic N) is 2. The number of carbonyl (C=O) groups excluding carboxylic acids is 1. The summed E-state index contributed by atoms with van der Waals surface area (Å²) in [6, 6.07) is 4.50. The first kappa shape index (κ1) is 19.2. The van der Waals surface area contributed by atoms with Crippen LogP contribution in [0.4, 0.5) is 5.69 Å². The lowest BCUT2D eigenvalue weighted by Crippen LogP contribution is -2.42. The summed E-state index contributed by atoms with van der Waals surface area (Å²) in [5, 5.41) is 14.3. The fraction of sp³-hybridized carbons (Fsp3) is 0.533. The number of carbonyl (C=O) groups is 1. The third-order valence-corrected chi connectivity index (χ3v) is 3.82. The third-order valence-electron chi connectivity index (χ3n) is 3.82. The van der Waals surface area contributed by atoms with E-state index in [0.717, 1.165) is 25.9 Å². The summed E-state index contributed by atoms with van der Waals surface area (Å²) in [5.74, 6) is -0.00701. The molecule has 1 aliphatic rings. The Morgan fingerprint density at radius 1 is 1.52 bits per heavy atom. The van der Waals surface area contributed by atoms with Crippen LogP contribution in [0.15, 0.2) is 18.2 Å². The fourth-order valence-electron chi connectivity index (χ4n) is 2.73. The molecule has 1 atom stereocenters. The Kier molecular flexibility index (Phi) is 7.25. The molecule has 2 rings (SSSR count). The maximum Gasteiger partial charge on any atom is 0.311 e. The zero-order valence-electron chi connectivity index (χ0n) is 13.3. The maximum absolute atomic E-state index is 12.7. The van der Waals surface area contributed by atoms with Crippen LogP contribution in [-0.2, 0) is 0 Å². The van der Waals surface area contributed by atoms with Gasteiger partial charge in [0, 0.05) is 30.8 Å². The van der Waals surface area contributed by atoms with Crippen molar-refractivity contribution in [2.75, 3.05) is 26.7 Å². The SMILES string of the molecule is CCCN(C(=O)c1ccc(OC)c([N+](=O)[O-])c1)C1CCNC1.Cl. The summed E-state index contributed by atoms with van der Waals surface area (Å²) in [4.78, 5) is 25.1. The summed E-state index contributed by atoms with van der Waals surface area (Å²) in [6.45, 7) is 4.31. The summed E-state index contributed by atoms with van der Waals surface area (Å²) in [5.41, 5.74) is 0.141. The molecule has 1 amide bonds. The molecule has 7 nitrogen and oxygen atoms in total. The molecule has 1 heterocycles. The molecule has 1 saturated heterocycles. The van der Waals surface area contributed by atoms with Gasteiger partial charge < -0.3 is 15.0 Å².